The average molecular weight is 336 g/mol. The lowest BCUT2D eigenvalue weighted by molar-refractivity contribution is 0.195. The van der Waals surface area contributed by atoms with Gasteiger partial charge in [0.15, 0.2) is 0 Å². The summed E-state index contributed by atoms with van der Waals surface area (Å²) in [5.41, 5.74) is -2.97. The van der Waals surface area contributed by atoms with Gasteiger partial charge in [-0.1, -0.05) is 30.3 Å². The van der Waals surface area contributed by atoms with Gasteiger partial charge >= 0.3 is 6.09 Å². The highest BCUT2D eigenvalue weighted by molar-refractivity contribution is 6.12. The Balaban J connectivity index is 2.42. The highest BCUT2D eigenvalue weighted by Crippen LogP contribution is 2.31. The number of hydrogen-bond donors (Lipinski definition) is 2. The second kappa shape index (κ2) is 4.84. The van der Waals surface area contributed by atoms with Crippen LogP contribution in [0.1, 0.15) is 0 Å². The first kappa shape index (κ1) is 14.8. The summed E-state index contributed by atoms with van der Waals surface area (Å²) in [5.74, 6) is 0. The third-order valence-corrected chi connectivity index (χ3v) is 4.13. The first-order chi connectivity index (χ1) is 11.9. The molecule has 0 aliphatic carbocycles. The number of aromatic amines is 1. The van der Waals surface area contributed by atoms with Crippen LogP contribution in [0.2, 0.25) is 0 Å². The molecule has 0 aliphatic rings. The maximum Gasteiger partial charge on any atom is 0.421 e. The van der Waals surface area contributed by atoms with Crippen molar-refractivity contribution >= 4 is 27.6 Å². The van der Waals surface area contributed by atoms with Crippen LogP contribution in [-0.4, -0.2) is 20.8 Å². The molecule has 0 atom stereocenters. The molecule has 4 rings (SSSR count). The zero-order valence-corrected chi connectivity index (χ0v) is 12.4. The Hall–Kier alpha value is -3.81. The van der Waals surface area contributed by atoms with E-state index in [1.54, 1.807) is 30.3 Å². The lowest BCUT2D eigenvalue weighted by Gasteiger charge is -2.04. The van der Waals surface area contributed by atoms with Gasteiger partial charge in [0.05, 0.1) is 21.5 Å². The molecule has 0 unspecified atom stereocenters. The van der Waals surface area contributed by atoms with Crippen LogP contribution in [0.3, 0.4) is 0 Å². The van der Waals surface area contributed by atoms with Crippen LogP contribution in [0, 0.1) is 0 Å². The Morgan fingerprint density at radius 2 is 1.56 bits per heavy atom. The first-order valence-electron chi connectivity index (χ1n) is 7.15. The summed E-state index contributed by atoms with van der Waals surface area (Å²) in [7, 11) is 0. The number of hydrogen-bond acceptors (Lipinski definition) is 5. The van der Waals surface area contributed by atoms with Crippen molar-refractivity contribution in [2.75, 3.05) is 0 Å². The van der Waals surface area contributed by atoms with Crippen molar-refractivity contribution in [2.45, 2.75) is 0 Å². The molecule has 0 bridgehead atoms. The van der Waals surface area contributed by atoms with E-state index >= 15 is 0 Å². The first-order valence-corrected chi connectivity index (χ1v) is 7.15. The van der Waals surface area contributed by atoms with E-state index in [1.807, 2.05) is 0 Å². The predicted molar refractivity (Wildman–Crippen MR) is 90.1 cm³/mol. The van der Waals surface area contributed by atoms with E-state index < -0.39 is 28.3 Å². The Morgan fingerprint density at radius 1 is 0.880 bits per heavy atom. The monoisotopic (exact) mass is 336 g/mol. The maximum absolute atomic E-state index is 12.5. The zero-order valence-electron chi connectivity index (χ0n) is 12.4. The molecule has 0 aliphatic heterocycles. The lowest BCUT2D eigenvalue weighted by atomic mass is 9.96. The van der Waals surface area contributed by atoms with E-state index in [0.717, 1.165) is 6.07 Å². The van der Waals surface area contributed by atoms with Crippen LogP contribution in [0.15, 0.2) is 55.6 Å². The van der Waals surface area contributed by atoms with Gasteiger partial charge in [-0.3, -0.25) is 24.2 Å². The van der Waals surface area contributed by atoms with Crippen LogP contribution >= 0.6 is 0 Å². The number of H-pyrrole nitrogens is 1. The van der Waals surface area contributed by atoms with Crippen LogP contribution in [0.4, 0.5) is 4.79 Å². The Labute approximate surface area is 136 Å². The third-order valence-electron chi connectivity index (χ3n) is 4.13. The molecule has 25 heavy (non-hydrogen) atoms. The summed E-state index contributed by atoms with van der Waals surface area (Å²) >= 11 is 0. The summed E-state index contributed by atoms with van der Waals surface area (Å²) in [6.45, 7) is 0. The van der Waals surface area contributed by atoms with E-state index in [0.29, 0.717) is 5.56 Å². The van der Waals surface area contributed by atoms with Gasteiger partial charge in [0.2, 0.25) is 0 Å². The van der Waals surface area contributed by atoms with Crippen molar-refractivity contribution in [2.24, 2.45) is 0 Å². The van der Waals surface area contributed by atoms with Crippen LogP contribution in [-0.2, 0) is 0 Å². The summed E-state index contributed by atoms with van der Waals surface area (Å²) in [6, 6.07) is 9.34. The van der Waals surface area contributed by atoms with E-state index in [1.165, 1.54) is 0 Å². The molecule has 4 aromatic rings. The van der Waals surface area contributed by atoms with Crippen LogP contribution < -0.4 is 22.2 Å². The standard InChI is InChI=1S/C17H8N2O6/c20-13-8-6-9-12(16(23)19(15(9)22)17(24)25)10(11(8)14(21)18-13)7-4-2-1-3-5-7/h1-6H,(H,24,25)(H,18,20,21). The summed E-state index contributed by atoms with van der Waals surface area (Å²) in [4.78, 5) is 62.5. The largest absolute Gasteiger partial charge is 0.464 e. The Morgan fingerprint density at radius 3 is 2.20 bits per heavy atom. The third kappa shape index (κ3) is 1.84. The molecule has 8 heteroatoms. The predicted octanol–water partition coefficient (Wildman–Crippen LogP) is 0.632. The summed E-state index contributed by atoms with van der Waals surface area (Å²) < 4.78 is 0.0780. The fraction of sp³-hybridized carbons (Fsp3) is 0. The van der Waals surface area contributed by atoms with Gasteiger partial charge in [-0.15, -0.1) is 0 Å². The van der Waals surface area contributed by atoms with Crippen LogP contribution in [0.25, 0.3) is 32.7 Å². The highest BCUT2D eigenvalue weighted by atomic mass is 16.4. The smallest absolute Gasteiger partial charge is 0.421 e. The minimum atomic E-state index is -1.72. The van der Waals surface area contributed by atoms with E-state index in [-0.39, 0.29) is 31.7 Å². The van der Waals surface area contributed by atoms with Crippen molar-refractivity contribution in [1.82, 2.24) is 9.55 Å². The lowest BCUT2D eigenvalue weighted by Crippen LogP contribution is -2.31. The van der Waals surface area contributed by atoms with Crippen molar-refractivity contribution in [1.29, 1.82) is 0 Å². The summed E-state index contributed by atoms with van der Waals surface area (Å²) in [6.07, 6.45) is -1.72. The number of carboxylic acid groups (broad SMARTS) is 1. The van der Waals surface area contributed by atoms with Crippen molar-refractivity contribution in [3.05, 3.63) is 77.8 Å². The number of carbonyl (C=O) groups is 1. The number of nitrogens with zero attached hydrogens (tertiary/aromatic N) is 1. The van der Waals surface area contributed by atoms with Gasteiger partial charge in [-0.2, -0.15) is 4.57 Å². The van der Waals surface area contributed by atoms with E-state index in [4.69, 9.17) is 5.11 Å². The van der Waals surface area contributed by atoms with E-state index in [9.17, 15) is 24.0 Å². The molecule has 0 fully saturated rings. The minimum Gasteiger partial charge on any atom is -0.464 e. The van der Waals surface area contributed by atoms with Gasteiger partial charge in [0.1, 0.15) is 0 Å². The maximum atomic E-state index is 12.5. The number of aromatic nitrogens is 2. The molecule has 0 saturated carbocycles. The zero-order chi connectivity index (χ0) is 17.9. The molecule has 8 nitrogen and oxygen atoms in total. The minimum absolute atomic E-state index is 0.0386. The van der Waals surface area contributed by atoms with E-state index in [2.05, 4.69) is 4.98 Å². The molecule has 2 N–H and O–H groups in total. The van der Waals surface area contributed by atoms with Gasteiger partial charge in [0, 0.05) is 5.56 Å². The van der Waals surface area contributed by atoms with Crippen molar-refractivity contribution in [3.8, 4) is 11.1 Å². The number of nitrogens with one attached hydrogen (secondary N) is 1. The van der Waals surface area contributed by atoms with Crippen molar-refractivity contribution < 1.29 is 9.90 Å². The molecular weight excluding hydrogens is 328 g/mol. The van der Waals surface area contributed by atoms with Gasteiger partial charge in [-0.05, 0) is 11.6 Å². The molecule has 122 valence electrons. The molecule has 2 aromatic heterocycles. The second-order valence-electron chi connectivity index (χ2n) is 5.47. The topological polar surface area (TPSA) is 126 Å². The SMILES string of the molecule is O=C(O)n1c(=O)c2cc3c(=O)[nH]c(=O)c3c(-c3ccccc3)c2c1=O. The van der Waals surface area contributed by atoms with Gasteiger partial charge in [-0.25, -0.2) is 4.79 Å². The summed E-state index contributed by atoms with van der Waals surface area (Å²) in [5, 5.41) is 8.64. The van der Waals surface area contributed by atoms with Gasteiger partial charge in [0.25, 0.3) is 22.2 Å². The molecule has 0 radical (unpaired) electrons. The molecular formula is C17H8N2O6. The van der Waals surface area contributed by atoms with Crippen LogP contribution in [0.5, 0.6) is 0 Å². The quantitative estimate of drug-likeness (QED) is 0.525. The van der Waals surface area contributed by atoms with Gasteiger partial charge < -0.3 is 5.11 Å². The molecule has 2 heterocycles. The Kier molecular flexibility index (Phi) is 2.86. The number of fused-ring (bicyclic) bond motifs is 2. The molecule has 0 spiro atoms. The fourth-order valence-corrected chi connectivity index (χ4v) is 3.11. The Bertz CT molecular complexity index is 1390. The normalized spacial score (nSPS) is 11.4. The molecule has 2 aromatic carbocycles. The highest BCUT2D eigenvalue weighted by Gasteiger charge is 2.25. The molecule has 0 amide bonds. The number of benzene rings is 2. The fourth-order valence-electron chi connectivity index (χ4n) is 3.11. The van der Waals surface area contributed by atoms with Crippen molar-refractivity contribution in [3.63, 3.8) is 0 Å². The molecule has 0 saturated heterocycles. The average Bonchev–Trinajstić information content (AvgIpc) is 3.01. The number of rotatable bonds is 1. The second-order valence-corrected chi connectivity index (χ2v) is 5.47.